The van der Waals surface area contributed by atoms with Gasteiger partial charge in [-0.05, 0) is 48.0 Å². The summed E-state index contributed by atoms with van der Waals surface area (Å²) in [6, 6.07) is 17.9. The smallest absolute Gasteiger partial charge is 0.329 e. The van der Waals surface area contributed by atoms with Crippen molar-refractivity contribution in [3.05, 3.63) is 83.0 Å². The number of ether oxygens (including phenoxy) is 3. The fraction of sp³-hybridized carbons (Fsp3) is 0.143. The number of nitrogens with zero attached hydrogens (tertiary/aromatic N) is 1. The van der Waals surface area contributed by atoms with Gasteiger partial charge in [-0.3, -0.25) is 14.4 Å². The van der Waals surface area contributed by atoms with E-state index < -0.39 is 30.3 Å². The zero-order chi connectivity index (χ0) is 28.6. The Morgan fingerprint density at radius 1 is 0.925 bits per heavy atom. The highest BCUT2D eigenvalue weighted by molar-refractivity contribution is 6.32. The van der Waals surface area contributed by atoms with Crippen LogP contribution in [0, 0.1) is 0 Å². The predicted octanol–water partition coefficient (Wildman–Crippen LogP) is 3.91. The van der Waals surface area contributed by atoms with Crippen LogP contribution in [0.15, 0.2) is 72.4 Å². The lowest BCUT2D eigenvalue weighted by molar-refractivity contribution is -0.127. The third-order valence-electron chi connectivity index (χ3n) is 5.61. The Morgan fingerprint density at radius 3 is 2.35 bits per heavy atom. The number of imide groups is 1. The van der Waals surface area contributed by atoms with E-state index in [4.69, 9.17) is 25.8 Å². The van der Waals surface area contributed by atoms with Crippen molar-refractivity contribution in [3.63, 3.8) is 0 Å². The molecule has 0 spiro atoms. The molecular formula is C28H25ClN4O7. The average Bonchev–Trinajstić information content (AvgIpc) is 3.20. The first-order chi connectivity index (χ1) is 19.3. The van der Waals surface area contributed by atoms with Gasteiger partial charge in [0.05, 0.1) is 24.9 Å². The molecule has 1 aliphatic rings. The summed E-state index contributed by atoms with van der Waals surface area (Å²) in [6.07, 6.45) is 1.39. The Balaban J connectivity index is 1.43. The van der Waals surface area contributed by atoms with E-state index in [0.717, 1.165) is 4.90 Å². The molecule has 3 aromatic carbocycles. The number of hydrogen-bond acceptors (Lipinski definition) is 7. The number of hydrogen-bond donors (Lipinski definition) is 3. The Bertz CT molecular complexity index is 1480. The minimum atomic E-state index is -0.756. The monoisotopic (exact) mass is 564 g/mol. The van der Waals surface area contributed by atoms with E-state index in [1.807, 2.05) is 6.07 Å². The van der Waals surface area contributed by atoms with Crippen LogP contribution in [0.5, 0.6) is 17.2 Å². The van der Waals surface area contributed by atoms with Crippen LogP contribution in [0.25, 0.3) is 6.08 Å². The number of anilines is 2. The lowest BCUT2D eigenvalue weighted by Gasteiger charge is -2.14. The molecule has 1 fully saturated rings. The maximum Gasteiger partial charge on any atom is 0.329 e. The summed E-state index contributed by atoms with van der Waals surface area (Å²) in [7, 11) is 2.85. The number of carbonyl (C=O) groups excluding carboxylic acids is 4. The van der Waals surface area contributed by atoms with Crippen LogP contribution in [-0.4, -0.2) is 56.0 Å². The zero-order valence-corrected chi connectivity index (χ0v) is 22.3. The number of carbonyl (C=O) groups is 4. The molecule has 0 aromatic heterocycles. The highest BCUT2D eigenvalue weighted by atomic mass is 35.5. The van der Waals surface area contributed by atoms with Crippen LogP contribution in [0.2, 0.25) is 5.02 Å². The van der Waals surface area contributed by atoms with E-state index in [9.17, 15) is 19.2 Å². The second-order valence-electron chi connectivity index (χ2n) is 8.36. The van der Waals surface area contributed by atoms with Gasteiger partial charge in [-0.2, -0.15) is 0 Å². The highest BCUT2D eigenvalue weighted by Gasteiger charge is 2.35. The van der Waals surface area contributed by atoms with Crippen LogP contribution in [0.1, 0.15) is 5.56 Å². The molecule has 11 nitrogen and oxygen atoms in total. The molecule has 1 heterocycles. The van der Waals surface area contributed by atoms with Crippen LogP contribution in [0.3, 0.4) is 0 Å². The Morgan fingerprint density at radius 2 is 1.62 bits per heavy atom. The third kappa shape index (κ3) is 6.69. The van der Waals surface area contributed by atoms with Crippen molar-refractivity contribution in [2.45, 2.75) is 0 Å². The van der Waals surface area contributed by atoms with E-state index in [1.165, 1.54) is 32.4 Å². The van der Waals surface area contributed by atoms with Crippen molar-refractivity contribution in [2.24, 2.45) is 0 Å². The minimum absolute atomic E-state index is 0.0656. The second-order valence-corrected chi connectivity index (χ2v) is 8.77. The zero-order valence-electron chi connectivity index (χ0n) is 21.5. The lowest BCUT2D eigenvalue weighted by atomic mass is 10.1. The molecule has 3 N–H and O–H groups in total. The first-order valence-corrected chi connectivity index (χ1v) is 12.3. The van der Waals surface area contributed by atoms with Crippen LogP contribution < -0.4 is 30.2 Å². The van der Waals surface area contributed by atoms with Crippen molar-refractivity contribution in [1.29, 1.82) is 0 Å². The Labute approximate surface area is 234 Å². The first kappa shape index (κ1) is 28.0. The largest absolute Gasteiger partial charge is 0.495 e. The van der Waals surface area contributed by atoms with E-state index in [0.29, 0.717) is 22.7 Å². The van der Waals surface area contributed by atoms with Gasteiger partial charge in [-0.15, -0.1) is 0 Å². The summed E-state index contributed by atoms with van der Waals surface area (Å²) < 4.78 is 16.2. The molecule has 0 radical (unpaired) electrons. The molecule has 40 heavy (non-hydrogen) atoms. The number of urea groups is 1. The molecule has 4 rings (SSSR count). The van der Waals surface area contributed by atoms with Gasteiger partial charge < -0.3 is 30.2 Å². The third-order valence-corrected chi connectivity index (χ3v) is 5.89. The fourth-order valence-electron chi connectivity index (χ4n) is 3.78. The van der Waals surface area contributed by atoms with Gasteiger partial charge in [0.2, 0.25) is 5.91 Å². The normalized spacial score (nSPS) is 13.6. The number of methoxy groups -OCH3 is 2. The standard InChI is InChI=1S/C28H25ClN4O7/c1-38-22-11-7-6-10-20(22)31-24(34)15-33-27(36)21(32-28(33)37)13-17-12-19(29)26(23(14-17)39-2)40-16-25(35)30-18-8-4-3-5-9-18/h3-14H,15-16H2,1-2H3,(H,30,35)(H,31,34)(H,32,37)/b21-13+. The average molecular weight is 565 g/mol. The molecule has 0 aliphatic carbocycles. The highest BCUT2D eigenvalue weighted by Crippen LogP contribution is 2.37. The van der Waals surface area contributed by atoms with Crippen LogP contribution in [-0.2, 0) is 14.4 Å². The van der Waals surface area contributed by atoms with Crippen molar-refractivity contribution < 1.29 is 33.4 Å². The molecular weight excluding hydrogens is 540 g/mol. The Hall–Kier alpha value is -5.03. The van der Waals surface area contributed by atoms with Crippen molar-refractivity contribution in [3.8, 4) is 17.2 Å². The minimum Gasteiger partial charge on any atom is -0.495 e. The van der Waals surface area contributed by atoms with Gasteiger partial charge in [0.1, 0.15) is 18.0 Å². The van der Waals surface area contributed by atoms with Crippen molar-refractivity contribution >= 4 is 52.8 Å². The summed E-state index contributed by atoms with van der Waals surface area (Å²) in [4.78, 5) is 50.9. The summed E-state index contributed by atoms with van der Waals surface area (Å²) in [6.45, 7) is -0.839. The SMILES string of the molecule is COc1ccccc1NC(=O)CN1C(=O)N/C(=C/c2cc(Cl)c(OCC(=O)Nc3ccccc3)c(OC)c2)C1=O. The molecule has 12 heteroatoms. The summed E-state index contributed by atoms with van der Waals surface area (Å²) in [5.74, 6) is -0.916. The molecule has 0 unspecified atom stereocenters. The van der Waals surface area contributed by atoms with Gasteiger partial charge in [-0.25, -0.2) is 9.69 Å². The summed E-state index contributed by atoms with van der Waals surface area (Å²) in [5, 5.41) is 7.89. The molecule has 206 valence electrons. The maximum atomic E-state index is 12.9. The number of amides is 5. The molecule has 1 aliphatic heterocycles. The number of benzene rings is 3. The number of rotatable bonds is 10. The van der Waals surface area contributed by atoms with Crippen LogP contribution in [0.4, 0.5) is 16.2 Å². The van der Waals surface area contributed by atoms with Gasteiger partial charge in [-0.1, -0.05) is 41.9 Å². The molecule has 3 aromatic rings. The van der Waals surface area contributed by atoms with E-state index in [1.54, 1.807) is 48.5 Å². The fourth-order valence-corrected chi connectivity index (χ4v) is 4.06. The predicted molar refractivity (Wildman–Crippen MR) is 148 cm³/mol. The molecule has 0 saturated carbocycles. The number of halogens is 1. The van der Waals surface area contributed by atoms with E-state index in [-0.39, 0.29) is 28.8 Å². The van der Waals surface area contributed by atoms with E-state index in [2.05, 4.69) is 16.0 Å². The van der Waals surface area contributed by atoms with Gasteiger partial charge >= 0.3 is 6.03 Å². The summed E-state index contributed by atoms with van der Waals surface area (Å²) in [5.41, 5.74) is 1.36. The van der Waals surface area contributed by atoms with Crippen molar-refractivity contribution in [2.75, 3.05) is 38.0 Å². The van der Waals surface area contributed by atoms with Gasteiger partial charge in [0.25, 0.3) is 11.8 Å². The van der Waals surface area contributed by atoms with Gasteiger partial charge in [0.15, 0.2) is 18.1 Å². The van der Waals surface area contributed by atoms with Gasteiger partial charge in [0, 0.05) is 5.69 Å². The number of para-hydroxylation sites is 3. The maximum absolute atomic E-state index is 12.9. The molecule has 5 amide bonds. The summed E-state index contributed by atoms with van der Waals surface area (Å²) >= 11 is 6.39. The Kier molecular flexibility index (Phi) is 8.87. The number of nitrogens with one attached hydrogen (secondary N) is 3. The second kappa shape index (κ2) is 12.7. The lowest BCUT2D eigenvalue weighted by Crippen LogP contribution is -2.38. The molecule has 0 bridgehead atoms. The van der Waals surface area contributed by atoms with Crippen molar-refractivity contribution in [1.82, 2.24) is 10.2 Å². The first-order valence-electron chi connectivity index (χ1n) is 11.9. The quantitative estimate of drug-likeness (QED) is 0.251. The van der Waals surface area contributed by atoms with E-state index >= 15 is 0 Å². The topological polar surface area (TPSA) is 135 Å². The van der Waals surface area contributed by atoms with Crippen LogP contribution >= 0.6 is 11.6 Å². The molecule has 0 atom stereocenters. The molecule has 1 saturated heterocycles.